The Hall–Kier alpha value is -3.67. The van der Waals surface area contributed by atoms with E-state index in [9.17, 15) is 24.6 Å². The first kappa shape index (κ1) is 19.1. The first-order valence-electron chi connectivity index (χ1n) is 8.57. The van der Waals surface area contributed by atoms with Gasteiger partial charge in [-0.05, 0) is 30.3 Å². The quantitative estimate of drug-likeness (QED) is 0.579. The zero-order chi connectivity index (χ0) is 20.1. The van der Waals surface area contributed by atoms with Crippen molar-refractivity contribution < 1.29 is 18.8 Å². The fourth-order valence-corrected chi connectivity index (χ4v) is 2.97. The largest absolute Gasteiger partial charge is 0.484 e. The molecule has 0 N–H and O–H groups in total. The molecule has 9 heteroatoms. The van der Waals surface area contributed by atoms with E-state index < -0.39 is 4.92 Å². The van der Waals surface area contributed by atoms with Crippen LogP contribution in [0.5, 0.6) is 5.75 Å². The predicted octanol–water partition coefficient (Wildman–Crippen LogP) is 2.33. The molecule has 3 rings (SSSR count). The van der Waals surface area contributed by atoms with Gasteiger partial charge in [-0.3, -0.25) is 14.9 Å². The summed E-state index contributed by atoms with van der Waals surface area (Å²) in [4.78, 5) is 26.2. The summed E-state index contributed by atoms with van der Waals surface area (Å²) < 4.78 is 18.3. The van der Waals surface area contributed by atoms with E-state index in [4.69, 9.17) is 4.74 Å². The first-order chi connectivity index (χ1) is 13.5. The van der Waals surface area contributed by atoms with E-state index >= 15 is 0 Å². The molecule has 2 aromatic rings. The van der Waals surface area contributed by atoms with Gasteiger partial charge in [0.2, 0.25) is 0 Å². The molecule has 0 atom stereocenters. The number of amides is 1. The van der Waals surface area contributed by atoms with E-state index in [-0.39, 0.29) is 29.6 Å². The molecule has 0 radical (unpaired) electrons. The number of halogens is 1. The number of anilines is 1. The van der Waals surface area contributed by atoms with Crippen molar-refractivity contribution in [3.05, 3.63) is 64.0 Å². The number of carbonyl (C=O) groups excluding carboxylic acids is 1. The number of rotatable bonds is 5. The summed E-state index contributed by atoms with van der Waals surface area (Å²) in [6.45, 7) is 1.72. The van der Waals surface area contributed by atoms with Crippen molar-refractivity contribution >= 4 is 17.3 Å². The number of ether oxygens (including phenoxy) is 1. The number of piperazine rings is 1. The van der Waals surface area contributed by atoms with Crippen molar-refractivity contribution in [3.8, 4) is 11.8 Å². The second-order valence-corrected chi connectivity index (χ2v) is 6.18. The fourth-order valence-electron chi connectivity index (χ4n) is 2.97. The molecule has 0 aliphatic carbocycles. The van der Waals surface area contributed by atoms with E-state index in [2.05, 4.69) is 0 Å². The van der Waals surface area contributed by atoms with Gasteiger partial charge in [0.1, 0.15) is 17.6 Å². The number of hydrogen-bond donors (Lipinski definition) is 0. The number of benzene rings is 2. The van der Waals surface area contributed by atoms with Gasteiger partial charge in [0, 0.05) is 38.3 Å². The number of nitro benzene ring substituents is 1. The van der Waals surface area contributed by atoms with Crippen LogP contribution in [-0.2, 0) is 4.79 Å². The molecule has 8 nitrogen and oxygen atoms in total. The van der Waals surface area contributed by atoms with Gasteiger partial charge >= 0.3 is 0 Å². The van der Waals surface area contributed by atoms with Gasteiger partial charge in [0.15, 0.2) is 6.61 Å². The Morgan fingerprint density at radius 1 is 1.18 bits per heavy atom. The summed E-state index contributed by atoms with van der Waals surface area (Å²) in [5, 5.41) is 20.2. The van der Waals surface area contributed by atoms with Gasteiger partial charge < -0.3 is 14.5 Å². The van der Waals surface area contributed by atoms with Gasteiger partial charge in [-0.25, -0.2) is 4.39 Å². The number of carbonyl (C=O) groups is 1. The highest BCUT2D eigenvalue weighted by Gasteiger charge is 2.24. The Balaban J connectivity index is 1.57. The van der Waals surface area contributed by atoms with Crippen molar-refractivity contribution in [2.24, 2.45) is 0 Å². The van der Waals surface area contributed by atoms with Crippen LogP contribution in [0.2, 0.25) is 0 Å². The Bertz CT molecular complexity index is 919. The highest BCUT2D eigenvalue weighted by Crippen LogP contribution is 2.26. The molecule has 1 aliphatic rings. The van der Waals surface area contributed by atoms with E-state index in [1.54, 1.807) is 11.0 Å². The smallest absolute Gasteiger partial charge is 0.270 e. The molecule has 144 valence electrons. The number of nitro groups is 1. The van der Waals surface area contributed by atoms with E-state index in [0.29, 0.717) is 37.6 Å². The lowest BCUT2D eigenvalue weighted by Crippen LogP contribution is -2.50. The molecule has 1 saturated heterocycles. The Morgan fingerprint density at radius 2 is 1.86 bits per heavy atom. The third kappa shape index (κ3) is 4.35. The summed E-state index contributed by atoms with van der Waals surface area (Å²) in [6.07, 6.45) is 0. The Kier molecular flexibility index (Phi) is 5.69. The van der Waals surface area contributed by atoms with E-state index in [1.807, 2.05) is 11.0 Å². The van der Waals surface area contributed by atoms with Gasteiger partial charge in [-0.2, -0.15) is 5.26 Å². The van der Waals surface area contributed by atoms with Crippen LogP contribution >= 0.6 is 0 Å². The van der Waals surface area contributed by atoms with Crippen molar-refractivity contribution in [2.75, 3.05) is 37.7 Å². The van der Waals surface area contributed by atoms with Crippen molar-refractivity contribution in [2.45, 2.75) is 0 Å². The minimum absolute atomic E-state index is 0.132. The second-order valence-electron chi connectivity index (χ2n) is 6.18. The van der Waals surface area contributed by atoms with Crippen molar-refractivity contribution in [1.82, 2.24) is 4.90 Å². The van der Waals surface area contributed by atoms with Crippen LogP contribution in [-0.4, -0.2) is 48.5 Å². The molecule has 0 unspecified atom stereocenters. The molecule has 0 aromatic heterocycles. The number of hydrogen-bond acceptors (Lipinski definition) is 6. The number of nitriles is 1. The van der Waals surface area contributed by atoms with Gasteiger partial charge in [-0.1, -0.05) is 0 Å². The van der Waals surface area contributed by atoms with Crippen LogP contribution in [0.4, 0.5) is 15.8 Å². The normalized spacial score (nSPS) is 13.7. The summed E-state index contributed by atoms with van der Waals surface area (Å²) >= 11 is 0. The van der Waals surface area contributed by atoms with Crippen LogP contribution in [0.1, 0.15) is 5.56 Å². The average molecular weight is 384 g/mol. The van der Waals surface area contributed by atoms with Crippen molar-refractivity contribution in [1.29, 1.82) is 5.26 Å². The minimum atomic E-state index is -0.539. The van der Waals surface area contributed by atoms with Crippen LogP contribution in [0.3, 0.4) is 0 Å². The zero-order valence-electron chi connectivity index (χ0n) is 14.9. The molecule has 1 aliphatic heterocycles. The molecule has 0 saturated carbocycles. The summed E-state index contributed by atoms with van der Waals surface area (Å²) in [7, 11) is 0. The van der Waals surface area contributed by atoms with Crippen molar-refractivity contribution in [3.63, 3.8) is 0 Å². The van der Waals surface area contributed by atoms with Crippen LogP contribution < -0.4 is 9.64 Å². The monoisotopic (exact) mass is 384 g/mol. The third-order valence-corrected chi connectivity index (χ3v) is 4.46. The number of non-ortho nitro benzene ring substituents is 1. The van der Waals surface area contributed by atoms with Gasteiger partial charge in [-0.15, -0.1) is 0 Å². The molecule has 0 bridgehead atoms. The van der Waals surface area contributed by atoms with Crippen LogP contribution in [0.15, 0.2) is 42.5 Å². The maximum atomic E-state index is 12.9. The predicted molar refractivity (Wildman–Crippen MR) is 98.5 cm³/mol. The minimum Gasteiger partial charge on any atom is -0.484 e. The number of nitrogens with zero attached hydrogens (tertiary/aromatic N) is 4. The summed E-state index contributed by atoms with van der Waals surface area (Å²) in [5.41, 5.74) is 0.712. The fraction of sp³-hybridized carbons (Fsp3) is 0.263. The molecule has 1 heterocycles. The third-order valence-electron chi connectivity index (χ3n) is 4.46. The lowest BCUT2D eigenvalue weighted by Gasteiger charge is -2.36. The van der Waals surface area contributed by atoms with Crippen LogP contribution in [0, 0.1) is 27.3 Å². The zero-order valence-corrected chi connectivity index (χ0v) is 14.9. The second kappa shape index (κ2) is 8.35. The maximum Gasteiger partial charge on any atom is 0.270 e. The molecule has 2 aromatic carbocycles. The highest BCUT2D eigenvalue weighted by molar-refractivity contribution is 5.78. The highest BCUT2D eigenvalue weighted by atomic mass is 19.1. The van der Waals surface area contributed by atoms with E-state index in [1.165, 1.54) is 36.4 Å². The SMILES string of the molecule is N#Cc1cc([N+](=O)[O-])ccc1N1CCN(C(=O)COc2ccc(F)cc2)CC1. The van der Waals surface area contributed by atoms with E-state index in [0.717, 1.165) is 0 Å². The maximum absolute atomic E-state index is 12.9. The Morgan fingerprint density at radius 3 is 2.46 bits per heavy atom. The Labute approximate surface area is 160 Å². The average Bonchev–Trinajstić information content (AvgIpc) is 2.72. The lowest BCUT2D eigenvalue weighted by atomic mass is 10.1. The van der Waals surface area contributed by atoms with Crippen LogP contribution in [0.25, 0.3) is 0 Å². The lowest BCUT2D eigenvalue weighted by molar-refractivity contribution is -0.384. The standard InChI is InChI=1S/C19H17FN4O4/c20-15-1-4-17(5-2-15)28-13-19(25)23-9-7-22(8-10-23)18-6-3-16(24(26)27)11-14(18)12-21/h1-6,11H,7-10,13H2. The molecule has 0 spiro atoms. The molecular weight excluding hydrogens is 367 g/mol. The van der Waals surface area contributed by atoms with Gasteiger partial charge in [0.25, 0.3) is 11.6 Å². The molecular formula is C19H17FN4O4. The molecule has 28 heavy (non-hydrogen) atoms. The van der Waals surface area contributed by atoms with Gasteiger partial charge in [0.05, 0.1) is 16.2 Å². The first-order valence-corrected chi connectivity index (χ1v) is 8.57. The topological polar surface area (TPSA) is 99.7 Å². The molecule has 1 fully saturated rings. The summed E-state index contributed by atoms with van der Waals surface area (Å²) in [6, 6.07) is 11.6. The molecule has 1 amide bonds. The summed E-state index contributed by atoms with van der Waals surface area (Å²) in [5.74, 6) is -0.149.